The second-order valence-electron chi connectivity index (χ2n) is 6.21. The first-order valence-electron chi connectivity index (χ1n) is 6.90. The number of hydrogen-bond donors (Lipinski definition) is 1. The van der Waals surface area contributed by atoms with E-state index < -0.39 is 17.6 Å². The van der Waals surface area contributed by atoms with E-state index in [0.717, 1.165) is 3.57 Å². The molecule has 0 saturated carbocycles. The van der Waals surface area contributed by atoms with Gasteiger partial charge < -0.3 is 10.1 Å². The zero-order chi connectivity index (χ0) is 16.2. The monoisotopic (exact) mass is 403 g/mol. The Hall–Kier alpha value is -1.11. The first kappa shape index (κ1) is 17.9. The van der Waals surface area contributed by atoms with Crippen molar-refractivity contribution in [3.8, 4) is 0 Å². The lowest BCUT2D eigenvalue weighted by Gasteiger charge is -2.26. The van der Waals surface area contributed by atoms with E-state index in [9.17, 15) is 9.59 Å². The molecule has 1 aromatic rings. The summed E-state index contributed by atoms with van der Waals surface area (Å²) in [7, 11) is 0. The molecule has 4 nitrogen and oxygen atoms in total. The zero-order valence-corrected chi connectivity index (χ0v) is 15.2. The maximum atomic E-state index is 12.3. The number of carbonyl (C=O) groups excluding carboxylic acids is 2. The fraction of sp³-hybridized carbons (Fsp3) is 0.500. The summed E-state index contributed by atoms with van der Waals surface area (Å²) in [4.78, 5) is 24.5. The molecule has 0 aromatic heterocycles. The molecular formula is C16H22INO3. The highest BCUT2D eigenvalue weighted by atomic mass is 127. The van der Waals surface area contributed by atoms with Crippen LogP contribution in [0.2, 0.25) is 0 Å². The van der Waals surface area contributed by atoms with Gasteiger partial charge in [-0.25, -0.2) is 4.79 Å². The van der Waals surface area contributed by atoms with Crippen LogP contribution in [0.25, 0.3) is 0 Å². The molecule has 1 aromatic carbocycles. The molecule has 0 aliphatic heterocycles. The molecule has 21 heavy (non-hydrogen) atoms. The van der Waals surface area contributed by atoms with E-state index in [4.69, 9.17) is 4.74 Å². The second kappa shape index (κ2) is 7.24. The maximum absolute atomic E-state index is 12.3. The van der Waals surface area contributed by atoms with Crippen LogP contribution in [0.5, 0.6) is 0 Å². The van der Waals surface area contributed by atoms with Crippen molar-refractivity contribution in [3.05, 3.63) is 33.4 Å². The van der Waals surface area contributed by atoms with Gasteiger partial charge in [-0.3, -0.25) is 4.79 Å². The Morgan fingerprint density at radius 1 is 1.19 bits per heavy atom. The van der Waals surface area contributed by atoms with Gasteiger partial charge in [0, 0.05) is 3.57 Å². The van der Waals surface area contributed by atoms with Gasteiger partial charge in [-0.05, 0) is 61.4 Å². The van der Waals surface area contributed by atoms with Crippen LogP contribution in [0.15, 0.2) is 24.3 Å². The molecule has 116 valence electrons. The molecule has 0 bridgehead atoms. The summed E-state index contributed by atoms with van der Waals surface area (Å²) < 4.78 is 6.22. The lowest BCUT2D eigenvalue weighted by Crippen LogP contribution is -2.47. The van der Waals surface area contributed by atoms with Crippen LogP contribution in [0.4, 0.5) is 0 Å². The molecule has 0 spiro atoms. The summed E-state index contributed by atoms with van der Waals surface area (Å²) in [5.41, 5.74) is -0.0110. The van der Waals surface area contributed by atoms with E-state index in [0.29, 0.717) is 5.56 Å². The Balaban J connectivity index is 2.87. The number of amides is 1. The molecule has 0 unspecified atom stereocenters. The molecule has 0 aliphatic rings. The third-order valence-corrected chi connectivity index (χ3v) is 3.67. The highest BCUT2D eigenvalue weighted by Gasteiger charge is 2.29. The van der Waals surface area contributed by atoms with Gasteiger partial charge in [0.05, 0.1) is 5.56 Å². The normalized spacial score (nSPS) is 12.9. The first-order valence-corrected chi connectivity index (χ1v) is 7.98. The van der Waals surface area contributed by atoms with E-state index >= 15 is 0 Å². The largest absolute Gasteiger partial charge is 0.458 e. The van der Waals surface area contributed by atoms with Gasteiger partial charge in [0.25, 0.3) is 5.91 Å². The molecule has 0 fully saturated rings. The predicted octanol–water partition coefficient (Wildman–Crippen LogP) is 3.39. The Morgan fingerprint density at radius 3 is 2.24 bits per heavy atom. The second-order valence-corrected chi connectivity index (χ2v) is 7.37. The first-order chi connectivity index (χ1) is 9.61. The number of rotatable bonds is 4. The minimum absolute atomic E-state index is 0.0508. The standard InChI is InChI=1S/C16H22INO3/c1-10(2)13(15(20)21-16(3,4)5)18-14(19)11-8-6-7-9-12(11)17/h6-10,13H,1-5H3,(H,18,19)/t13-/m0/s1. The SMILES string of the molecule is CC(C)[C@H](NC(=O)c1ccccc1I)C(=O)OC(C)(C)C. The molecule has 0 radical (unpaired) electrons. The molecule has 1 rings (SSSR count). The van der Waals surface area contributed by atoms with E-state index in [2.05, 4.69) is 27.9 Å². The van der Waals surface area contributed by atoms with E-state index in [1.54, 1.807) is 12.1 Å². The topological polar surface area (TPSA) is 55.4 Å². The Morgan fingerprint density at radius 2 is 1.76 bits per heavy atom. The van der Waals surface area contributed by atoms with Crippen LogP contribution >= 0.6 is 22.6 Å². The lowest BCUT2D eigenvalue weighted by molar-refractivity contribution is -0.158. The van der Waals surface area contributed by atoms with Crippen LogP contribution in [-0.4, -0.2) is 23.5 Å². The molecule has 1 N–H and O–H groups in total. The van der Waals surface area contributed by atoms with Gasteiger partial charge in [-0.1, -0.05) is 26.0 Å². The number of nitrogens with one attached hydrogen (secondary N) is 1. The number of hydrogen-bond acceptors (Lipinski definition) is 3. The number of carbonyl (C=O) groups is 2. The molecule has 0 heterocycles. The maximum Gasteiger partial charge on any atom is 0.329 e. The Bertz CT molecular complexity index is 520. The highest BCUT2D eigenvalue weighted by molar-refractivity contribution is 14.1. The van der Waals surface area contributed by atoms with Crippen molar-refractivity contribution in [2.24, 2.45) is 5.92 Å². The van der Waals surface area contributed by atoms with Gasteiger partial charge >= 0.3 is 5.97 Å². The van der Waals surface area contributed by atoms with Gasteiger partial charge in [0.2, 0.25) is 0 Å². The molecule has 0 saturated heterocycles. The Kier molecular flexibility index (Phi) is 6.19. The number of esters is 1. The summed E-state index contributed by atoms with van der Waals surface area (Å²) in [5, 5.41) is 2.78. The molecule has 0 aliphatic carbocycles. The Labute approximate surface area is 139 Å². The average Bonchev–Trinajstić information content (AvgIpc) is 2.33. The number of halogens is 1. The van der Waals surface area contributed by atoms with E-state index in [1.165, 1.54) is 0 Å². The van der Waals surface area contributed by atoms with Crippen molar-refractivity contribution < 1.29 is 14.3 Å². The van der Waals surface area contributed by atoms with Crippen LogP contribution < -0.4 is 5.32 Å². The van der Waals surface area contributed by atoms with Crippen molar-refractivity contribution in [1.29, 1.82) is 0 Å². The number of benzene rings is 1. The van der Waals surface area contributed by atoms with Crippen molar-refractivity contribution in [2.45, 2.75) is 46.3 Å². The van der Waals surface area contributed by atoms with E-state index in [1.807, 2.05) is 46.8 Å². The van der Waals surface area contributed by atoms with E-state index in [-0.39, 0.29) is 11.8 Å². The number of ether oxygens (including phenoxy) is 1. The van der Waals surface area contributed by atoms with Crippen LogP contribution in [-0.2, 0) is 9.53 Å². The lowest BCUT2D eigenvalue weighted by atomic mass is 10.0. The van der Waals surface area contributed by atoms with Gasteiger partial charge in [0.15, 0.2) is 0 Å². The van der Waals surface area contributed by atoms with Crippen LogP contribution in [0.1, 0.15) is 45.0 Å². The minimum atomic E-state index is -0.660. The molecular weight excluding hydrogens is 381 g/mol. The fourth-order valence-corrected chi connectivity index (χ4v) is 2.36. The zero-order valence-electron chi connectivity index (χ0n) is 13.1. The highest BCUT2D eigenvalue weighted by Crippen LogP contribution is 2.15. The van der Waals surface area contributed by atoms with Crippen molar-refractivity contribution in [2.75, 3.05) is 0 Å². The quantitative estimate of drug-likeness (QED) is 0.620. The van der Waals surface area contributed by atoms with Gasteiger partial charge in [-0.2, -0.15) is 0 Å². The minimum Gasteiger partial charge on any atom is -0.458 e. The third kappa shape index (κ3) is 5.65. The molecule has 1 amide bonds. The smallest absolute Gasteiger partial charge is 0.329 e. The van der Waals surface area contributed by atoms with Crippen molar-refractivity contribution >= 4 is 34.5 Å². The van der Waals surface area contributed by atoms with Crippen LogP contribution in [0, 0.1) is 9.49 Å². The summed E-state index contributed by atoms with van der Waals surface area (Å²) in [6.45, 7) is 9.19. The average molecular weight is 403 g/mol. The van der Waals surface area contributed by atoms with Gasteiger partial charge in [0.1, 0.15) is 11.6 Å². The fourth-order valence-electron chi connectivity index (χ4n) is 1.73. The summed E-state index contributed by atoms with van der Waals surface area (Å²) >= 11 is 2.10. The molecule has 5 heteroatoms. The van der Waals surface area contributed by atoms with Gasteiger partial charge in [-0.15, -0.1) is 0 Å². The molecule has 1 atom stereocenters. The predicted molar refractivity (Wildman–Crippen MR) is 91.1 cm³/mol. The van der Waals surface area contributed by atoms with Crippen molar-refractivity contribution in [3.63, 3.8) is 0 Å². The summed E-state index contributed by atoms with van der Waals surface area (Å²) in [5.74, 6) is -0.716. The van der Waals surface area contributed by atoms with Crippen LogP contribution in [0.3, 0.4) is 0 Å². The van der Waals surface area contributed by atoms with Crippen molar-refractivity contribution in [1.82, 2.24) is 5.32 Å². The summed E-state index contributed by atoms with van der Waals surface area (Å²) in [6, 6.07) is 6.60. The summed E-state index contributed by atoms with van der Waals surface area (Å²) in [6.07, 6.45) is 0. The third-order valence-electron chi connectivity index (χ3n) is 2.73.